The molecule has 1 aliphatic rings. The molecule has 1 saturated heterocycles. The van der Waals surface area contributed by atoms with Crippen LogP contribution < -0.4 is 4.74 Å². The van der Waals surface area contributed by atoms with Crippen molar-refractivity contribution in [3.63, 3.8) is 0 Å². The van der Waals surface area contributed by atoms with Gasteiger partial charge in [-0.15, -0.1) is 0 Å². The van der Waals surface area contributed by atoms with Gasteiger partial charge in [0.15, 0.2) is 12.4 Å². The van der Waals surface area contributed by atoms with Crippen molar-refractivity contribution in [3.8, 4) is 5.75 Å². The molecule has 1 aromatic carbocycles. The third-order valence-electron chi connectivity index (χ3n) is 4.83. The number of aliphatic hydroxyl groups excluding tert-OH is 2. The molecule has 2 rings (SSSR count). The summed E-state index contributed by atoms with van der Waals surface area (Å²) in [4.78, 5) is 0. The van der Waals surface area contributed by atoms with E-state index >= 15 is 0 Å². The Bertz CT molecular complexity index is 580. The largest absolute Gasteiger partial charge is 0.493 e. The first-order valence-electron chi connectivity index (χ1n) is 10.3. The van der Waals surface area contributed by atoms with E-state index in [1.165, 1.54) is 50.7 Å². The molecule has 1 heterocycles. The van der Waals surface area contributed by atoms with E-state index < -0.39 is 30.4 Å². The summed E-state index contributed by atoms with van der Waals surface area (Å²) in [5, 5.41) is 19.8. The number of hydrogen-bond donors (Lipinski definition) is 2. The van der Waals surface area contributed by atoms with Crippen molar-refractivity contribution in [3.05, 3.63) is 42.4 Å². The van der Waals surface area contributed by atoms with Gasteiger partial charge in [-0.2, -0.15) is 0 Å². The van der Waals surface area contributed by atoms with Gasteiger partial charge >= 0.3 is 0 Å². The number of rotatable bonds is 13. The Kier molecular flexibility index (Phi) is 10.3. The molecule has 1 aliphatic heterocycles. The molecule has 0 spiro atoms. The molecule has 0 radical (unpaired) electrons. The smallest absolute Gasteiger partial charge is 0.185 e. The fourth-order valence-electron chi connectivity index (χ4n) is 3.19. The lowest BCUT2D eigenvalue weighted by molar-refractivity contribution is -0.131. The Morgan fingerprint density at radius 1 is 1.11 bits per heavy atom. The lowest BCUT2D eigenvalue weighted by Crippen LogP contribution is -2.36. The SMILES string of the molecule is CCCCCCCCC/C=C/O[C@H]1[C@H](O)[C@@H](O)O[C@@H]1COc1cccc(F)c1. The summed E-state index contributed by atoms with van der Waals surface area (Å²) in [6, 6.07) is 5.77. The van der Waals surface area contributed by atoms with Gasteiger partial charge in [0.25, 0.3) is 0 Å². The van der Waals surface area contributed by atoms with E-state index in [4.69, 9.17) is 14.2 Å². The Labute approximate surface area is 167 Å². The number of benzene rings is 1. The second-order valence-corrected chi connectivity index (χ2v) is 7.21. The van der Waals surface area contributed by atoms with Gasteiger partial charge in [0.05, 0.1) is 6.26 Å². The second-order valence-electron chi connectivity index (χ2n) is 7.21. The molecule has 5 nitrogen and oxygen atoms in total. The minimum absolute atomic E-state index is 0.0356. The van der Waals surface area contributed by atoms with Crippen LogP contribution >= 0.6 is 0 Å². The first-order valence-corrected chi connectivity index (χ1v) is 10.3. The number of allylic oxidation sites excluding steroid dienone is 1. The fraction of sp³-hybridized carbons (Fsp3) is 0.636. The van der Waals surface area contributed by atoms with Crippen LogP contribution in [0.5, 0.6) is 5.75 Å². The van der Waals surface area contributed by atoms with Crippen LogP contribution in [0.3, 0.4) is 0 Å². The lowest BCUT2D eigenvalue weighted by Gasteiger charge is -2.19. The van der Waals surface area contributed by atoms with Crippen molar-refractivity contribution < 1.29 is 28.8 Å². The van der Waals surface area contributed by atoms with Gasteiger partial charge in [-0.1, -0.05) is 51.5 Å². The third kappa shape index (κ3) is 7.78. The summed E-state index contributed by atoms with van der Waals surface area (Å²) in [5.41, 5.74) is 0. The molecule has 4 atom stereocenters. The molecule has 28 heavy (non-hydrogen) atoms. The first-order chi connectivity index (χ1) is 13.6. The van der Waals surface area contributed by atoms with Crippen LogP contribution in [0.25, 0.3) is 0 Å². The molecule has 0 amide bonds. The van der Waals surface area contributed by atoms with Gasteiger partial charge in [-0.25, -0.2) is 4.39 Å². The quantitative estimate of drug-likeness (QED) is 0.384. The monoisotopic (exact) mass is 396 g/mol. The van der Waals surface area contributed by atoms with Gasteiger partial charge in [-0.3, -0.25) is 0 Å². The zero-order valence-electron chi connectivity index (χ0n) is 16.6. The number of aliphatic hydroxyl groups is 2. The summed E-state index contributed by atoms with van der Waals surface area (Å²) in [6.45, 7) is 2.25. The topological polar surface area (TPSA) is 68.2 Å². The molecular formula is C22H33FO5. The van der Waals surface area contributed by atoms with E-state index in [0.717, 1.165) is 12.8 Å². The molecule has 1 aromatic rings. The zero-order chi connectivity index (χ0) is 20.2. The van der Waals surface area contributed by atoms with E-state index in [9.17, 15) is 14.6 Å². The van der Waals surface area contributed by atoms with Crippen LogP contribution in [0.4, 0.5) is 4.39 Å². The highest BCUT2D eigenvalue weighted by Crippen LogP contribution is 2.24. The number of hydrogen-bond acceptors (Lipinski definition) is 5. The highest BCUT2D eigenvalue weighted by Gasteiger charge is 2.44. The highest BCUT2D eigenvalue weighted by atomic mass is 19.1. The van der Waals surface area contributed by atoms with Gasteiger partial charge in [0.2, 0.25) is 0 Å². The summed E-state index contributed by atoms with van der Waals surface area (Å²) in [7, 11) is 0. The van der Waals surface area contributed by atoms with E-state index in [2.05, 4.69) is 6.92 Å². The van der Waals surface area contributed by atoms with E-state index in [0.29, 0.717) is 5.75 Å². The summed E-state index contributed by atoms with van der Waals surface area (Å²) in [6.07, 6.45) is 9.25. The molecule has 2 N–H and O–H groups in total. The Morgan fingerprint density at radius 2 is 1.86 bits per heavy atom. The summed E-state index contributed by atoms with van der Waals surface area (Å²) >= 11 is 0. The van der Waals surface area contributed by atoms with Gasteiger partial charge in [0.1, 0.15) is 30.4 Å². The molecule has 0 aliphatic carbocycles. The normalized spacial score (nSPS) is 24.7. The van der Waals surface area contributed by atoms with Crippen molar-refractivity contribution in [1.82, 2.24) is 0 Å². The number of ether oxygens (including phenoxy) is 3. The van der Waals surface area contributed by atoms with Crippen molar-refractivity contribution in [2.45, 2.75) is 82.9 Å². The van der Waals surface area contributed by atoms with Gasteiger partial charge in [0, 0.05) is 6.07 Å². The van der Waals surface area contributed by atoms with Gasteiger partial charge < -0.3 is 24.4 Å². The van der Waals surface area contributed by atoms with Crippen molar-refractivity contribution >= 4 is 0 Å². The molecule has 0 aromatic heterocycles. The van der Waals surface area contributed by atoms with Gasteiger partial charge in [-0.05, 0) is 31.1 Å². The van der Waals surface area contributed by atoms with Crippen LogP contribution in [0.1, 0.15) is 58.3 Å². The first kappa shape index (κ1) is 22.7. The third-order valence-corrected chi connectivity index (χ3v) is 4.83. The van der Waals surface area contributed by atoms with Crippen LogP contribution in [0.2, 0.25) is 0 Å². The van der Waals surface area contributed by atoms with E-state index in [1.54, 1.807) is 18.4 Å². The van der Waals surface area contributed by atoms with Crippen LogP contribution in [0, 0.1) is 5.82 Å². The molecule has 158 valence electrons. The average Bonchev–Trinajstić information content (AvgIpc) is 2.95. The van der Waals surface area contributed by atoms with Crippen molar-refractivity contribution in [2.75, 3.05) is 6.61 Å². The maximum atomic E-state index is 13.2. The maximum absolute atomic E-state index is 13.2. The number of unbranched alkanes of at least 4 members (excludes halogenated alkanes) is 7. The Morgan fingerprint density at radius 3 is 2.61 bits per heavy atom. The van der Waals surface area contributed by atoms with Crippen LogP contribution in [0.15, 0.2) is 36.6 Å². The van der Waals surface area contributed by atoms with Crippen molar-refractivity contribution in [2.24, 2.45) is 0 Å². The van der Waals surface area contributed by atoms with Crippen LogP contribution in [-0.4, -0.2) is 41.4 Å². The molecule has 0 saturated carbocycles. The van der Waals surface area contributed by atoms with Crippen LogP contribution in [-0.2, 0) is 9.47 Å². The molecule has 0 unspecified atom stereocenters. The fourth-order valence-corrected chi connectivity index (χ4v) is 3.19. The van der Waals surface area contributed by atoms with E-state index in [-0.39, 0.29) is 6.61 Å². The average molecular weight is 396 g/mol. The zero-order valence-corrected chi connectivity index (χ0v) is 16.6. The predicted octanol–water partition coefficient (Wildman–Crippen LogP) is 4.32. The summed E-state index contributed by atoms with van der Waals surface area (Å²) in [5.74, 6) is -0.0429. The minimum atomic E-state index is -1.33. The van der Waals surface area contributed by atoms with E-state index in [1.807, 2.05) is 6.08 Å². The standard InChI is InChI=1S/C22H33FO5/c1-2-3-4-5-6-7-8-9-10-14-26-21-19(28-22(25)20(21)24)16-27-18-13-11-12-17(23)15-18/h10-15,19-22,24-25H,2-9,16H2,1H3/b14-10+/t19-,20+,21-,22+/m1/s1. The minimum Gasteiger partial charge on any atom is -0.493 e. The Hall–Kier alpha value is -1.63. The molecular weight excluding hydrogens is 363 g/mol. The predicted molar refractivity (Wildman–Crippen MR) is 105 cm³/mol. The molecule has 6 heteroatoms. The van der Waals surface area contributed by atoms with Crippen molar-refractivity contribution in [1.29, 1.82) is 0 Å². The number of halogens is 1. The Balaban J connectivity index is 1.69. The summed E-state index contributed by atoms with van der Waals surface area (Å²) < 4.78 is 29.6. The highest BCUT2D eigenvalue weighted by molar-refractivity contribution is 5.22. The lowest BCUT2D eigenvalue weighted by atomic mass is 10.1. The maximum Gasteiger partial charge on any atom is 0.185 e. The molecule has 1 fully saturated rings. The molecule has 0 bridgehead atoms. The second kappa shape index (κ2) is 12.8.